The zero-order valence-electron chi connectivity index (χ0n) is 12.6. The van der Waals surface area contributed by atoms with Crippen molar-refractivity contribution in [2.45, 2.75) is 32.4 Å². The number of aromatic nitrogens is 2. The van der Waals surface area contributed by atoms with E-state index in [0.717, 1.165) is 11.3 Å². The van der Waals surface area contributed by atoms with Crippen LogP contribution in [0.15, 0.2) is 36.5 Å². The SMILES string of the molecule is Cc1c(C(=O)NC(C)CC(O)c2ccccc2)cnn1C. The highest BCUT2D eigenvalue weighted by Gasteiger charge is 2.17. The first-order chi connectivity index (χ1) is 9.99. The Labute approximate surface area is 124 Å². The molecule has 0 radical (unpaired) electrons. The summed E-state index contributed by atoms with van der Waals surface area (Å²) in [5.74, 6) is -0.159. The van der Waals surface area contributed by atoms with Crippen LogP contribution in [0.1, 0.15) is 41.1 Å². The van der Waals surface area contributed by atoms with Gasteiger partial charge >= 0.3 is 0 Å². The molecule has 0 bridgehead atoms. The number of nitrogens with one attached hydrogen (secondary N) is 1. The van der Waals surface area contributed by atoms with Gasteiger partial charge in [-0.05, 0) is 25.8 Å². The van der Waals surface area contributed by atoms with Gasteiger partial charge in [-0.2, -0.15) is 5.10 Å². The minimum atomic E-state index is -0.587. The lowest BCUT2D eigenvalue weighted by atomic mass is 10.0. The molecule has 1 amide bonds. The Morgan fingerprint density at radius 1 is 1.38 bits per heavy atom. The maximum Gasteiger partial charge on any atom is 0.254 e. The van der Waals surface area contributed by atoms with Crippen LogP contribution in [-0.4, -0.2) is 26.8 Å². The van der Waals surface area contributed by atoms with Crippen LogP contribution in [0.2, 0.25) is 0 Å². The molecular weight excluding hydrogens is 266 g/mol. The molecule has 5 heteroatoms. The minimum Gasteiger partial charge on any atom is -0.388 e. The van der Waals surface area contributed by atoms with E-state index in [1.165, 1.54) is 0 Å². The lowest BCUT2D eigenvalue weighted by Crippen LogP contribution is -2.34. The van der Waals surface area contributed by atoms with E-state index < -0.39 is 6.10 Å². The smallest absolute Gasteiger partial charge is 0.254 e. The van der Waals surface area contributed by atoms with Crippen LogP contribution in [0, 0.1) is 6.92 Å². The van der Waals surface area contributed by atoms with Gasteiger partial charge < -0.3 is 10.4 Å². The van der Waals surface area contributed by atoms with Crippen molar-refractivity contribution in [3.8, 4) is 0 Å². The molecule has 21 heavy (non-hydrogen) atoms. The highest BCUT2D eigenvalue weighted by atomic mass is 16.3. The molecule has 112 valence electrons. The molecule has 0 aliphatic heterocycles. The van der Waals surface area contributed by atoms with Crippen molar-refractivity contribution in [3.05, 3.63) is 53.3 Å². The second kappa shape index (κ2) is 6.54. The summed E-state index contributed by atoms with van der Waals surface area (Å²) in [6.45, 7) is 3.74. The standard InChI is InChI=1S/C16H21N3O2/c1-11(9-15(20)13-7-5-4-6-8-13)18-16(21)14-10-17-19(3)12(14)2/h4-8,10-11,15,20H,9H2,1-3H3,(H,18,21). The van der Waals surface area contributed by atoms with E-state index in [1.54, 1.807) is 17.9 Å². The summed E-state index contributed by atoms with van der Waals surface area (Å²) in [5, 5.41) is 17.1. The van der Waals surface area contributed by atoms with Crippen molar-refractivity contribution >= 4 is 5.91 Å². The maximum absolute atomic E-state index is 12.2. The zero-order valence-corrected chi connectivity index (χ0v) is 12.6. The molecule has 2 unspecified atom stereocenters. The first-order valence-corrected chi connectivity index (χ1v) is 7.01. The summed E-state index contributed by atoms with van der Waals surface area (Å²) in [6, 6.07) is 9.32. The number of nitrogens with zero attached hydrogens (tertiary/aromatic N) is 2. The van der Waals surface area contributed by atoms with Crippen molar-refractivity contribution in [3.63, 3.8) is 0 Å². The molecule has 5 nitrogen and oxygen atoms in total. The predicted octanol–water partition coefficient (Wildman–Crippen LogP) is 1.97. The normalized spacial score (nSPS) is 13.7. The summed E-state index contributed by atoms with van der Waals surface area (Å²) in [6.07, 6.45) is 1.44. The van der Waals surface area contributed by atoms with Crippen LogP contribution in [0.5, 0.6) is 0 Å². The second-order valence-corrected chi connectivity index (χ2v) is 5.30. The van der Waals surface area contributed by atoms with Crippen LogP contribution in [0.4, 0.5) is 0 Å². The molecule has 1 aromatic carbocycles. The lowest BCUT2D eigenvalue weighted by Gasteiger charge is -2.18. The molecule has 1 aromatic heterocycles. The van der Waals surface area contributed by atoms with Crippen LogP contribution in [-0.2, 0) is 7.05 Å². The van der Waals surface area contributed by atoms with Crippen molar-refractivity contribution in [1.82, 2.24) is 15.1 Å². The number of aliphatic hydroxyl groups excluding tert-OH is 1. The molecule has 2 atom stereocenters. The first kappa shape index (κ1) is 15.3. The van der Waals surface area contributed by atoms with Crippen molar-refractivity contribution in [2.24, 2.45) is 7.05 Å². The Kier molecular flexibility index (Phi) is 4.75. The van der Waals surface area contributed by atoms with E-state index in [0.29, 0.717) is 12.0 Å². The number of aliphatic hydroxyl groups is 1. The fourth-order valence-corrected chi connectivity index (χ4v) is 2.23. The van der Waals surface area contributed by atoms with Crippen molar-refractivity contribution < 1.29 is 9.90 Å². The fraction of sp³-hybridized carbons (Fsp3) is 0.375. The molecule has 0 saturated carbocycles. The Balaban J connectivity index is 1.94. The molecule has 2 aromatic rings. The van der Waals surface area contributed by atoms with Gasteiger partial charge in [-0.1, -0.05) is 30.3 Å². The highest BCUT2D eigenvalue weighted by Crippen LogP contribution is 2.18. The Morgan fingerprint density at radius 3 is 2.62 bits per heavy atom. The van der Waals surface area contributed by atoms with Crippen LogP contribution >= 0.6 is 0 Å². The largest absolute Gasteiger partial charge is 0.388 e. The van der Waals surface area contributed by atoms with Gasteiger partial charge in [0.1, 0.15) is 0 Å². The Hall–Kier alpha value is -2.14. The van der Waals surface area contributed by atoms with Gasteiger partial charge in [0.25, 0.3) is 5.91 Å². The van der Waals surface area contributed by atoms with Gasteiger partial charge in [0, 0.05) is 18.8 Å². The number of rotatable bonds is 5. The molecule has 2 rings (SSSR count). The van der Waals surface area contributed by atoms with E-state index in [1.807, 2.05) is 44.2 Å². The first-order valence-electron chi connectivity index (χ1n) is 7.01. The van der Waals surface area contributed by atoms with Gasteiger partial charge in [-0.3, -0.25) is 9.48 Å². The van der Waals surface area contributed by atoms with Crippen molar-refractivity contribution in [2.75, 3.05) is 0 Å². The molecule has 0 fully saturated rings. The molecule has 2 N–H and O–H groups in total. The number of carbonyl (C=O) groups is 1. The Bertz CT molecular complexity index is 607. The van der Waals surface area contributed by atoms with Gasteiger partial charge in [-0.15, -0.1) is 0 Å². The molecule has 1 heterocycles. The monoisotopic (exact) mass is 287 g/mol. The summed E-state index contributed by atoms with van der Waals surface area (Å²) < 4.78 is 1.67. The molecule has 0 saturated heterocycles. The van der Waals surface area contributed by atoms with Gasteiger partial charge in [-0.25, -0.2) is 0 Å². The number of hydrogen-bond acceptors (Lipinski definition) is 3. The van der Waals surface area contributed by atoms with Gasteiger partial charge in [0.05, 0.1) is 17.9 Å². The number of hydrogen-bond donors (Lipinski definition) is 2. The van der Waals surface area contributed by atoms with E-state index in [4.69, 9.17) is 0 Å². The third-order valence-corrected chi connectivity index (χ3v) is 3.62. The zero-order chi connectivity index (χ0) is 15.4. The lowest BCUT2D eigenvalue weighted by molar-refractivity contribution is 0.0916. The van der Waals surface area contributed by atoms with E-state index in [2.05, 4.69) is 10.4 Å². The topological polar surface area (TPSA) is 67.2 Å². The predicted molar refractivity (Wildman–Crippen MR) is 80.9 cm³/mol. The number of amides is 1. The third kappa shape index (κ3) is 3.70. The molecular formula is C16H21N3O2. The minimum absolute atomic E-state index is 0.132. The third-order valence-electron chi connectivity index (χ3n) is 3.62. The number of carbonyl (C=O) groups excluding carboxylic acids is 1. The average molecular weight is 287 g/mol. The van der Waals surface area contributed by atoms with Crippen molar-refractivity contribution in [1.29, 1.82) is 0 Å². The highest BCUT2D eigenvalue weighted by molar-refractivity contribution is 5.95. The number of aryl methyl sites for hydroxylation is 1. The van der Waals surface area contributed by atoms with Gasteiger partial charge in [0.2, 0.25) is 0 Å². The van der Waals surface area contributed by atoms with Crippen LogP contribution in [0.25, 0.3) is 0 Å². The number of benzene rings is 1. The quantitative estimate of drug-likeness (QED) is 0.883. The fourth-order valence-electron chi connectivity index (χ4n) is 2.23. The van der Waals surface area contributed by atoms with E-state index in [-0.39, 0.29) is 11.9 Å². The molecule has 0 spiro atoms. The van der Waals surface area contributed by atoms with Crippen LogP contribution < -0.4 is 5.32 Å². The summed E-state index contributed by atoms with van der Waals surface area (Å²) in [5.41, 5.74) is 2.25. The summed E-state index contributed by atoms with van der Waals surface area (Å²) in [4.78, 5) is 12.2. The van der Waals surface area contributed by atoms with E-state index >= 15 is 0 Å². The summed E-state index contributed by atoms with van der Waals surface area (Å²) in [7, 11) is 1.80. The molecule has 0 aliphatic rings. The van der Waals surface area contributed by atoms with Gasteiger partial charge in [0.15, 0.2) is 0 Å². The molecule has 0 aliphatic carbocycles. The Morgan fingerprint density at radius 2 is 2.05 bits per heavy atom. The second-order valence-electron chi connectivity index (χ2n) is 5.30. The van der Waals surface area contributed by atoms with Crippen LogP contribution in [0.3, 0.4) is 0 Å². The maximum atomic E-state index is 12.2. The average Bonchev–Trinajstić information content (AvgIpc) is 2.79. The van der Waals surface area contributed by atoms with E-state index in [9.17, 15) is 9.90 Å². The summed E-state index contributed by atoms with van der Waals surface area (Å²) >= 11 is 0.